The lowest BCUT2D eigenvalue weighted by Gasteiger charge is -2.18. The van der Waals surface area contributed by atoms with Crippen molar-refractivity contribution in [1.82, 2.24) is 4.31 Å². The Kier molecular flexibility index (Phi) is 4.79. The number of rotatable bonds is 5. The SMILES string of the molecule is CN(C)S(=O)(=O)c1ccc2c(c1)CCN2C(=O)c1ccc(S(=O)(=O)C2CC2)cc1. The predicted molar refractivity (Wildman–Crippen MR) is 109 cm³/mol. The van der Waals surface area contributed by atoms with Crippen molar-refractivity contribution in [2.24, 2.45) is 0 Å². The minimum absolute atomic E-state index is 0.199. The average Bonchev–Trinajstić information content (AvgIpc) is 3.48. The monoisotopic (exact) mass is 434 g/mol. The van der Waals surface area contributed by atoms with E-state index in [4.69, 9.17) is 0 Å². The van der Waals surface area contributed by atoms with Crippen LogP contribution in [-0.4, -0.2) is 52.9 Å². The number of anilines is 1. The summed E-state index contributed by atoms with van der Waals surface area (Å²) in [6.45, 7) is 0.446. The number of benzene rings is 2. The number of nitrogens with zero attached hydrogens (tertiary/aromatic N) is 2. The third kappa shape index (κ3) is 3.47. The second-order valence-electron chi connectivity index (χ2n) is 7.55. The molecule has 1 fully saturated rings. The Hall–Kier alpha value is -2.23. The van der Waals surface area contributed by atoms with Crippen molar-refractivity contribution in [2.75, 3.05) is 25.5 Å². The van der Waals surface area contributed by atoms with Crippen LogP contribution in [0.1, 0.15) is 28.8 Å². The molecule has 4 rings (SSSR count). The summed E-state index contributed by atoms with van der Waals surface area (Å²) in [5.74, 6) is -0.234. The zero-order valence-electron chi connectivity index (χ0n) is 16.2. The molecule has 0 saturated heterocycles. The number of carbonyl (C=O) groups excluding carboxylic acids is 1. The zero-order chi connectivity index (χ0) is 21.0. The van der Waals surface area contributed by atoms with E-state index in [0.29, 0.717) is 37.1 Å². The fraction of sp³-hybridized carbons (Fsp3) is 0.350. The molecule has 1 aliphatic carbocycles. The van der Waals surface area contributed by atoms with E-state index in [9.17, 15) is 21.6 Å². The fourth-order valence-electron chi connectivity index (χ4n) is 3.47. The van der Waals surface area contributed by atoms with Gasteiger partial charge in [-0.25, -0.2) is 21.1 Å². The van der Waals surface area contributed by atoms with Crippen LogP contribution < -0.4 is 4.90 Å². The van der Waals surface area contributed by atoms with Gasteiger partial charge in [-0.2, -0.15) is 0 Å². The molecular formula is C20H22N2O5S2. The molecule has 9 heteroatoms. The third-order valence-corrected chi connectivity index (χ3v) is 9.45. The smallest absolute Gasteiger partial charge is 0.258 e. The Morgan fingerprint density at radius 2 is 1.59 bits per heavy atom. The first-order valence-corrected chi connectivity index (χ1v) is 12.3. The summed E-state index contributed by atoms with van der Waals surface area (Å²) < 4.78 is 50.4. The van der Waals surface area contributed by atoms with Gasteiger partial charge in [0.15, 0.2) is 9.84 Å². The van der Waals surface area contributed by atoms with Crippen molar-refractivity contribution in [3.05, 3.63) is 53.6 Å². The van der Waals surface area contributed by atoms with Crippen LogP contribution in [0.3, 0.4) is 0 Å². The first kappa shape index (κ1) is 20.1. The van der Waals surface area contributed by atoms with Crippen molar-refractivity contribution < 1.29 is 21.6 Å². The van der Waals surface area contributed by atoms with Crippen molar-refractivity contribution in [3.63, 3.8) is 0 Å². The Bertz CT molecular complexity index is 1180. The lowest BCUT2D eigenvalue weighted by atomic mass is 10.1. The highest BCUT2D eigenvalue weighted by Gasteiger charge is 2.37. The van der Waals surface area contributed by atoms with Gasteiger partial charge in [0.25, 0.3) is 5.91 Å². The van der Waals surface area contributed by atoms with Crippen LogP contribution in [0.5, 0.6) is 0 Å². The minimum atomic E-state index is -3.54. The normalized spacial score (nSPS) is 16.9. The van der Waals surface area contributed by atoms with Crippen LogP contribution >= 0.6 is 0 Å². The largest absolute Gasteiger partial charge is 0.308 e. The lowest BCUT2D eigenvalue weighted by molar-refractivity contribution is 0.0989. The van der Waals surface area contributed by atoms with E-state index in [2.05, 4.69) is 0 Å². The highest BCUT2D eigenvalue weighted by atomic mass is 32.2. The molecule has 0 atom stereocenters. The van der Waals surface area contributed by atoms with E-state index in [1.807, 2.05) is 0 Å². The third-order valence-electron chi connectivity index (χ3n) is 5.36. The van der Waals surface area contributed by atoms with E-state index in [1.165, 1.54) is 32.3 Å². The summed E-state index contributed by atoms with van der Waals surface area (Å²) in [5, 5.41) is -0.290. The van der Waals surface area contributed by atoms with Crippen molar-refractivity contribution in [3.8, 4) is 0 Å². The summed E-state index contributed by atoms with van der Waals surface area (Å²) in [4.78, 5) is 15.0. The number of carbonyl (C=O) groups is 1. The van der Waals surface area contributed by atoms with Crippen molar-refractivity contribution in [2.45, 2.75) is 34.3 Å². The molecular weight excluding hydrogens is 412 g/mol. The zero-order valence-corrected chi connectivity index (χ0v) is 17.8. The maximum absolute atomic E-state index is 13.0. The van der Waals surface area contributed by atoms with E-state index in [1.54, 1.807) is 29.2 Å². The van der Waals surface area contributed by atoms with Crippen LogP contribution in [-0.2, 0) is 26.3 Å². The standard InChI is InChI=1S/C20H22N2O5S2/c1-21(2)29(26,27)18-9-10-19-15(13-18)11-12-22(19)20(23)14-3-5-16(6-4-14)28(24,25)17-7-8-17/h3-6,9-10,13,17H,7-8,11-12H2,1-2H3. The quantitative estimate of drug-likeness (QED) is 0.718. The first-order valence-electron chi connectivity index (χ1n) is 9.33. The van der Waals surface area contributed by atoms with Gasteiger partial charge in [0.2, 0.25) is 10.0 Å². The van der Waals surface area contributed by atoms with Gasteiger partial charge in [0.1, 0.15) is 0 Å². The van der Waals surface area contributed by atoms with E-state index >= 15 is 0 Å². The molecule has 0 bridgehead atoms. The van der Waals surface area contributed by atoms with Crippen LogP contribution in [0.15, 0.2) is 52.3 Å². The van der Waals surface area contributed by atoms with Crippen molar-refractivity contribution >= 4 is 31.5 Å². The van der Waals surface area contributed by atoms with Crippen LogP contribution in [0.2, 0.25) is 0 Å². The Morgan fingerprint density at radius 3 is 2.17 bits per heavy atom. The number of sulfone groups is 1. The molecule has 0 aromatic heterocycles. The van der Waals surface area contributed by atoms with Gasteiger partial charge < -0.3 is 4.90 Å². The second kappa shape index (κ2) is 6.93. The molecule has 2 aromatic carbocycles. The Labute approximate surface area is 170 Å². The van der Waals surface area contributed by atoms with Crippen LogP contribution in [0.25, 0.3) is 0 Å². The molecule has 2 aliphatic rings. The number of amides is 1. The molecule has 2 aromatic rings. The fourth-order valence-corrected chi connectivity index (χ4v) is 6.08. The minimum Gasteiger partial charge on any atom is -0.308 e. The van der Waals surface area contributed by atoms with Gasteiger partial charge in [-0.15, -0.1) is 0 Å². The van der Waals surface area contributed by atoms with Crippen molar-refractivity contribution in [1.29, 1.82) is 0 Å². The Morgan fingerprint density at radius 1 is 0.966 bits per heavy atom. The van der Waals surface area contributed by atoms with E-state index in [-0.39, 0.29) is 20.9 Å². The molecule has 1 aliphatic heterocycles. The summed E-state index contributed by atoms with van der Waals surface area (Å²) >= 11 is 0. The van der Waals surface area contributed by atoms with Crippen LogP contribution in [0, 0.1) is 0 Å². The number of hydrogen-bond acceptors (Lipinski definition) is 5. The molecule has 1 amide bonds. The molecule has 154 valence electrons. The molecule has 1 saturated carbocycles. The van der Waals surface area contributed by atoms with Gasteiger partial charge in [-0.1, -0.05) is 0 Å². The number of hydrogen-bond donors (Lipinski definition) is 0. The summed E-state index contributed by atoms with van der Waals surface area (Å²) in [6, 6.07) is 10.8. The summed E-state index contributed by atoms with van der Waals surface area (Å²) in [5.41, 5.74) is 1.88. The van der Waals surface area contributed by atoms with E-state index in [0.717, 1.165) is 9.87 Å². The lowest BCUT2D eigenvalue weighted by Crippen LogP contribution is -2.29. The summed E-state index contributed by atoms with van der Waals surface area (Å²) in [7, 11) is -3.87. The molecule has 29 heavy (non-hydrogen) atoms. The Balaban J connectivity index is 1.59. The highest BCUT2D eigenvalue weighted by molar-refractivity contribution is 7.92. The predicted octanol–water partition coefficient (Wildman–Crippen LogP) is 2.08. The molecule has 0 spiro atoms. The van der Waals surface area contributed by atoms with E-state index < -0.39 is 19.9 Å². The van der Waals surface area contributed by atoms with Gasteiger partial charge in [0.05, 0.1) is 15.0 Å². The second-order valence-corrected chi connectivity index (χ2v) is 11.9. The summed E-state index contributed by atoms with van der Waals surface area (Å²) in [6.07, 6.45) is 1.95. The molecule has 0 N–H and O–H groups in total. The van der Waals surface area contributed by atoms with Gasteiger partial charge in [0, 0.05) is 31.9 Å². The molecule has 0 unspecified atom stereocenters. The molecule has 1 heterocycles. The first-order chi connectivity index (χ1) is 13.6. The maximum Gasteiger partial charge on any atom is 0.258 e. The maximum atomic E-state index is 13.0. The van der Waals surface area contributed by atoms with Gasteiger partial charge >= 0.3 is 0 Å². The van der Waals surface area contributed by atoms with Gasteiger partial charge in [-0.3, -0.25) is 4.79 Å². The topological polar surface area (TPSA) is 91.8 Å². The molecule has 7 nitrogen and oxygen atoms in total. The molecule has 0 radical (unpaired) electrons. The number of fused-ring (bicyclic) bond motifs is 1. The average molecular weight is 435 g/mol. The highest BCUT2D eigenvalue weighted by Crippen LogP contribution is 2.34. The van der Waals surface area contributed by atoms with Crippen LogP contribution in [0.4, 0.5) is 5.69 Å². The number of sulfonamides is 1. The van der Waals surface area contributed by atoms with Gasteiger partial charge in [-0.05, 0) is 67.3 Å².